The van der Waals surface area contributed by atoms with Gasteiger partial charge in [-0.15, -0.1) is 0 Å². The molecule has 1 aliphatic carbocycles. The Morgan fingerprint density at radius 1 is 1.39 bits per heavy atom. The normalized spacial score (nSPS) is 20.3. The van der Waals surface area contributed by atoms with E-state index < -0.39 is 5.37 Å². The SMILES string of the molecule is C=NC(=O)C1N=C2C(=CC=Cc3ccccc32)S1. The van der Waals surface area contributed by atoms with Crippen LogP contribution in [-0.2, 0) is 4.79 Å². The molecule has 4 heteroatoms. The summed E-state index contributed by atoms with van der Waals surface area (Å²) in [4.78, 5) is 20.5. The molecule has 0 aromatic heterocycles. The third kappa shape index (κ3) is 1.75. The summed E-state index contributed by atoms with van der Waals surface area (Å²) in [5, 5.41) is -0.483. The molecule has 1 aliphatic heterocycles. The van der Waals surface area contributed by atoms with E-state index in [9.17, 15) is 4.79 Å². The maximum Gasteiger partial charge on any atom is 0.280 e. The maximum atomic E-state index is 11.6. The number of amides is 1. The number of carbonyl (C=O) groups excluding carboxylic acids is 1. The Labute approximate surface area is 109 Å². The Morgan fingerprint density at radius 3 is 3.06 bits per heavy atom. The quantitative estimate of drug-likeness (QED) is 0.723. The Balaban J connectivity index is 2.11. The van der Waals surface area contributed by atoms with Crippen molar-refractivity contribution in [2.45, 2.75) is 5.37 Å². The predicted molar refractivity (Wildman–Crippen MR) is 76.0 cm³/mol. The van der Waals surface area contributed by atoms with Crippen molar-refractivity contribution in [2.75, 3.05) is 0 Å². The van der Waals surface area contributed by atoms with E-state index in [1.165, 1.54) is 11.8 Å². The number of rotatable bonds is 1. The lowest BCUT2D eigenvalue weighted by molar-refractivity contribution is -0.117. The number of allylic oxidation sites excluding steroid dienone is 3. The first-order valence-electron chi connectivity index (χ1n) is 5.53. The molecule has 0 fully saturated rings. The Morgan fingerprint density at radius 2 is 2.22 bits per heavy atom. The minimum Gasteiger partial charge on any atom is -0.269 e. The van der Waals surface area contributed by atoms with Crippen molar-refractivity contribution in [2.24, 2.45) is 9.98 Å². The molecule has 1 aromatic rings. The number of benzene rings is 1. The van der Waals surface area contributed by atoms with Gasteiger partial charge in [-0.2, -0.15) is 0 Å². The zero-order valence-electron chi connectivity index (χ0n) is 9.54. The summed E-state index contributed by atoms with van der Waals surface area (Å²) in [5.41, 5.74) is 3.05. The van der Waals surface area contributed by atoms with Gasteiger partial charge in [0.25, 0.3) is 5.91 Å². The van der Waals surface area contributed by atoms with Crippen LogP contribution in [0.5, 0.6) is 0 Å². The molecule has 0 N–H and O–H groups in total. The molecule has 2 aliphatic rings. The van der Waals surface area contributed by atoms with Crippen molar-refractivity contribution < 1.29 is 4.79 Å². The molecule has 1 amide bonds. The molecular formula is C14H10N2OS. The Kier molecular flexibility index (Phi) is 2.72. The molecule has 1 heterocycles. The van der Waals surface area contributed by atoms with Crippen molar-refractivity contribution in [3.05, 3.63) is 52.4 Å². The van der Waals surface area contributed by atoms with Crippen LogP contribution in [0.15, 0.2) is 51.3 Å². The second-order valence-electron chi connectivity index (χ2n) is 3.92. The first kappa shape index (κ1) is 11.2. The lowest BCUT2D eigenvalue weighted by atomic mass is 10.0. The van der Waals surface area contributed by atoms with Gasteiger partial charge in [0, 0.05) is 10.5 Å². The predicted octanol–water partition coefficient (Wildman–Crippen LogP) is 2.69. The molecule has 1 atom stereocenters. The molecule has 1 aromatic carbocycles. The van der Waals surface area contributed by atoms with Crippen LogP contribution in [0.4, 0.5) is 0 Å². The smallest absolute Gasteiger partial charge is 0.269 e. The average Bonchev–Trinajstić information content (AvgIpc) is 2.75. The summed E-state index contributed by atoms with van der Waals surface area (Å²) in [7, 11) is 0. The van der Waals surface area contributed by atoms with Gasteiger partial charge in [0.05, 0.1) is 5.71 Å². The second-order valence-corrected chi connectivity index (χ2v) is 5.04. The summed E-state index contributed by atoms with van der Waals surface area (Å²) in [6.45, 7) is 3.27. The fraction of sp³-hybridized carbons (Fsp3) is 0.0714. The fourth-order valence-electron chi connectivity index (χ4n) is 1.98. The standard InChI is InChI=1S/C14H10N2OS/c1-15-13(17)14-16-12-10-7-3-2-5-9(10)6-4-8-11(12)18-14/h2-8,14H,1H2. The summed E-state index contributed by atoms with van der Waals surface area (Å²) in [5.74, 6) is -0.289. The highest BCUT2D eigenvalue weighted by Crippen LogP contribution is 2.37. The Bertz CT molecular complexity index is 628. The molecule has 0 bridgehead atoms. The summed E-state index contributed by atoms with van der Waals surface area (Å²) < 4.78 is 0. The van der Waals surface area contributed by atoms with Gasteiger partial charge in [-0.1, -0.05) is 48.2 Å². The van der Waals surface area contributed by atoms with Gasteiger partial charge in [0.1, 0.15) is 0 Å². The minimum absolute atomic E-state index is 0.289. The van der Waals surface area contributed by atoms with E-state index in [1.807, 2.05) is 42.5 Å². The first-order valence-corrected chi connectivity index (χ1v) is 6.41. The van der Waals surface area contributed by atoms with Crippen molar-refractivity contribution >= 4 is 36.2 Å². The van der Waals surface area contributed by atoms with Crippen LogP contribution in [0.25, 0.3) is 6.08 Å². The molecule has 0 saturated carbocycles. The highest BCUT2D eigenvalue weighted by Gasteiger charge is 2.30. The Hall–Kier alpha value is -1.94. The minimum atomic E-state index is -0.483. The second kappa shape index (κ2) is 4.38. The van der Waals surface area contributed by atoms with E-state index in [0.29, 0.717) is 0 Å². The fourth-order valence-corrected chi connectivity index (χ4v) is 2.99. The third-order valence-electron chi connectivity index (χ3n) is 2.82. The van der Waals surface area contributed by atoms with Crippen LogP contribution >= 0.6 is 11.8 Å². The summed E-state index contributed by atoms with van der Waals surface area (Å²) >= 11 is 1.43. The molecule has 0 radical (unpaired) electrons. The van der Waals surface area contributed by atoms with Gasteiger partial charge in [0.15, 0.2) is 5.37 Å². The zero-order valence-corrected chi connectivity index (χ0v) is 10.4. The average molecular weight is 254 g/mol. The molecule has 0 saturated heterocycles. The van der Waals surface area contributed by atoms with Crippen molar-refractivity contribution in [1.29, 1.82) is 0 Å². The van der Waals surface area contributed by atoms with Gasteiger partial charge >= 0.3 is 0 Å². The summed E-state index contributed by atoms with van der Waals surface area (Å²) in [6.07, 6.45) is 6.02. The number of aliphatic imine (C=N–C) groups is 2. The molecule has 0 spiro atoms. The zero-order chi connectivity index (χ0) is 12.5. The lowest BCUT2D eigenvalue weighted by Crippen LogP contribution is -2.08. The molecule has 3 rings (SSSR count). The van der Waals surface area contributed by atoms with Gasteiger partial charge in [-0.25, -0.2) is 4.99 Å². The van der Waals surface area contributed by atoms with E-state index in [0.717, 1.165) is 21.7 Å². The topological polar surface area (TPSA) is 41.8 Å². The maximum absolute atomic E-state index is 11.6. The number of thioether (sulfide) groups is 1. The van der Waals surface area contributed by atoms with Gasteiger partial charge in [-0.3, -0.25) is 9.79 Å². The van der Waals surface area contributed by atoms with Gasteiger partial charge < -0.3 is 0 Å². The monoisotopic (exact) mass is 254 g/mol. The number of hydrogen-bond acceptors (Lipinski definition) is 3. The van der Waals surface area contributed by atoms with Gasteiger partial charge in [0.2, 0.25) is 0 Å². The summed E-state index contributed by atoms with van der Waals surface area (Å²) in [6, 6.07) is 8.03. The van der Waals surface area contributed by atoms with Crippen LogP contribution in [0.1, 0.15) is 11.1 Å². The highest BCUT2D eigenvalue weighted by atomic mass is 32.2. The van der Waals surface area contributed by atoms with Crippen molar-refractivity contribution in [3.8, 4) is 0 Å². The molecule has 18 heavy (non-hydrogen) atoms. The van der Waals surface area contributed by atoms with Crippen molar-refractivity contribution in [3.63, 3.8) is 0 Å². The van der Waals surface area contributed by atoms with Gasteiger partial charge in [-0.05, 0) is 18.4 Å². The van der Waals surface area contributed by atoms with Crippen LogP contribution in [0.2, 0.25) is 0 Å². The van der Waals surface area contributed by atoms with E-state index in [1.54, 1.807) is 0 Å². The van der Waals surface area contributed by atoms with E-state index in [4.69, 9.17) is 0 Å². The lowest BCUT2D eigenvalue weighted by Gasteiger charge is -2.04. The number of carbonyl (C=O) groups is 1. The van der Waals surface area contributed by atoms with Crippen LogP contribution in [-0.4, -0.2) is 23.7 Å². The number of fused-ring (bicyclic) bond motifs is 3. The van der Waals surface area contributed by atoms with Crippen molar-refractivity contribution in [1.82, 2.24) is 0 Å². The number of hydrogen-bond donors (Lipinski definition) is 0. The van der Waals surface area contributed by atoms with Crippen LogP contribution in [0.3, 0.4) is 0 Å². The largest absolute Gasteiger partial charge is 0.280 e. The molecule has 3 nitrogen and oxygen atoms in total. The van der Waals surface area contributed by atoms with E-state index in [2.05, 4.69) is 16.7 Å². The third-order valence-corrected chi connectivity index (χ3v) is 3.94. The van der Waals surface area contributed by atoms with Crippen LogP contribution < -0.4 is 0 Å². The van der Waals surface area contributed by atoms with E-state index in [-0.39, 0.29) is 5.91 Å². The first-order chi connectivity index (χ1) is 8.79. The van der Waals surface area contributed by atoms with Crippen LogP contribution in [0, 0.1) is 0 Å². The molecule has 1 unspecified atom stereocenters. The highest BCUT2D eigenvalue weighted by molar-refractivity contribution is 8.05. The molecule has 88 valence electrons. The molecular weight excluding hydrogens is 244 g/mol. The number of nitrogens with zero attached hydrogens (tertiary/aromatic N) is 2. The van der Waals surface area contributed by atoms with E-state index >= 15 is 0 Å².